The number of carbonyl (C=O) groups excluding carboxylic acids is 2. The first-order valence-corrected chi connectivity index (χ1v) is 9.79. The van der Waals surface area contributed by atoms with Crippen molar-refractivity contribution in [2.45, 2.75) is 57.3 Å². The highest BCUT2D eigenvalue weighted by atomic mass is 32.1. The summed E-state index contributed by atoms with van der Waals surface area (Å²) in [6.45, 7) is 1.38. The molecule has 1 saturated carbocycles. The molecule has 1 aliphatic carbocycles. The predicted molar refractivity (Wildman–Crippen MR) is 96.5 cm³/mol. The highest BCUT2D eigenvalue weighted by Crippen LogP contribution is 2.32. The van der Waals surface area contributed by atoms with Gasteiger partial charge in [0.15, 0.2) is 0 Å². The summed E-state index contributed by atoms with van der Waals surface area (Å²) in [4.78, 5) is 26.9. The van der Waals surface area contributed by atoms with Crippen molar-refractivity contribution in [3.63, 3.8) is 0 Å². The van der Waals surface area contributed by atoms with Crippen LogP contribution in [0.1, 0.15) is 47.9 Å². The molecule has 0 bridgehead atoms. The molecular weight excluding hydrogens is 381 g/mol. The number of methoxy groups -OCH3 is 1. The van der Waals surface area contributed by atoms with Crippen molar-refractivity contribution in [3.8, 4) is 0 Å². The van der Waals surface area contributed by atoms with E-state index >= 15 is 0 Å². The Morgan fingerprint density at radius 3 is 2.48 bits per heavy atom. The average Bonchev–Trinajstić information content (AvgIpc) is 3.03. The molecule has 9 heteroatoms. The number of hydrogen-bond acceptors (Lipinski definition) is 4. The van der Waals surface area contributed by atoms with E-state index in [1.165, 1.54) is 18.4 Å². The van der Waals surface area contributed by atoms with Gasteiger partial charge in [-0.05, 0) is 31.9 Å². The standard InChI is InChI=1S/C18H25F3N2O3S/c1-12-8-9-14(27-12)15(16(24)22-13-6-4-3-5-7-13)23(10-11-26-2)17(25)18(19,20)21/h8-9,13,15H,3-7,10-11H2,1-2H3,(H,22,24)/t15-/m0/s1. The number of nitrogens with zero attached hydrogens (tertiary/aromatic N) is 1. The fraction of sp³-hybridized carbons (Fsp3) is 0.667. The Hall–Kier alpha value is -1.61. The maximum atomic E-state index is 13.2. The number of ether oxygens (including phenoxy) is 1. The number of nitrogens with one attached hydrogen (secondary N) is 1. The summed E-state index contributed by atoms with van der Waals surface area (Å²) < 4.78 is 44.4. The molecule has 1 aromatic rings. The summed E-state index contributed by atoms with van der Waals surface area (Å²) in [6.07, 6.45) is -0.429. The lowest BCUT2D eigenvalue weighted by atomic mass is 9.95. The molecule has 1 aliphatic rings. The Labute approximate surface area is 160 Å². The van der Waals surface area contributed by atoms with E-state index in [0.717, 1.165) is 37.0 Å². The molecule has 0 spiro atoms. The highest BCUT2D eigenvalue weighted by Gasteiger charge is 2.47. The second-order valence-electron chi connectivity index (χ2n) is 6.68. The minimum Gasteiger partial charge on any atom is -0.383 e. The number of thiophene rings is 1. The highest BCUT2D eigenvalue weighted by molar-refractivity contribution is 7.12. The van der Waals surface area contributed by atoms with E-state index in [2.05, 4.69) is 5.32 Å². The van der Waals surface area contributed by atoms with Gasteiger partial charge in [0.2, 0.25) is 5.91 Å². The van der Waals surface area contributed by atoms with E-state index in [1.54, 1.807) is 19.1 Å². The number of alkyl halides is 3. The van der Waals surface area contributed by atoms with Gasteiger partial charge in [-0.2, -0.15) is 13.2 Å². The van der Waals surface area contributed by atoms with Gasteiger partial charge in [0.25, 0.3) is 0 Å². The summed E-state index contributed by atoms with van der Waals surface area (Å²) in [6, 6.07) is 1.94. The SMILES string of the molecule is COCCN(C(=O)C(F)(F)F)[C@H](C(=O)NC1CCCCC1)c1ccc(C)s1. The zero-order valence-corrected chi connectivity index (χ0v) is 16.3. The molecule has 1 fully saturated rings. The molecular formula is C18H25F3N2O3S. The maximum absolute atomic E-state index is 13.2. The second-order valence-corrected chi connectivity index (χ2v) is 8.00. The van der Waals surface area contributed by atoms with Gasteiger partial charge >= 0.3 is 12.1 Å². The molecule has 1 heterocycles. The lowest BCUT2D eigenvalue weighted by molar-refractivity contribution is -0.189. The van der Waals surface area contributed by atoms with Gasteiger partial charge in [-0.15, -0.1) is 11.3 Å². The molecule has 1 aromatic heterocycles. The summed E-state index contributed by atoms with van der Waals surface area (Å²) in [5, 5.41) is 2.86. The van der Waals surface area contributed by atoms with Crippen LogP contribution in [0.2, 0.25) is 0 Å². The molecule has 5 nitrogen and oxygen atoms in total. The van der Waals surface area contributed by atoms with Crippen molar-refractivity contribution < 1.29 is 27.5 Å². The molecule has 2 rings (SSSR count). The van der Waals surface area contributed by atoms with E-state index in [-0.39, 0.29) is 19.2 Å². The Morgan fingerprint density at radius 2 is 1.96 bits per heavy atom. The molecule has 27 heavy (non-hydrogen) atoms. The van der Waals surface area contributed by atoms with Crippen molar-refractivity contribution in [1.82, 2.24) is 10.2 Å². The van der Waals surface area contributed by atoms with Crippen LogP contribution in [0.15, 0.2) is 12.1 Å². The number of rotatable bonds is 7. The molecule has 2 amide bonds. The number of carbonyl (C=O) groups is 2. The lowest BCUT2D eigenvalue weighted by Crippen LogP contribution is -2.51. The lowest BCUT2D eigenvalue weighted by Gasteiger charge is -2.32. The van der Waals surface area contributed by atoms with Gasteiger partial charge in [0, 0.05) is 29.5 Å². The summed E-state index contributed by atoms with van der Waals surface area (Å²) in [5.41, 5.74) is 0. The normalized spacial score (nSPS) is 16.8. The van der Waals surface area contributed by atoms with Gasteiger partial charge in [0.05, 0.1) is 6.61 Å². The number of hydrogen-bond donors (Lipinski definition) is 1. The third-order valence-corrected chi connectivity index (χ3v) is 5.64. The van der Waals surface area contributed by atoms with Gasteiger partial charge in [-0.25, -0.2) is 0 Å². The molecule has 152 valence electrons. The van der Waals surface area contributed by atoms with Crippen LogP contribution in [0.5, 0.6) is 0 Å². The molecule has 0 saturated heterocycles. The molecule has 1 atom stereocenters. The van der Waals surface area contributed by atoms with Gasteiger partial charge in [0.1, 0.15) is 6.04 Å². The van der Waals surface area contributed by atoms with Crippen LogP contribution >= 0.6 is 11.3 Å². The Kier molecular flexibility index (Phi) is 7.67. The Balaban J connectivity index is 2.32. The fourth-order valence-electron chi connectivity index (χ4n) is 3.25. The molecule has 0 aliphatic heterocycles. The van der Waals surface area contributed by atoms with Crippen molar-refractivity contribution in [1.29, 1.82) is 0 Å². The zero-order valence-electron chi connectivity index (χ0n) is 15.5. The maximum Gasteiger partial charge on any atom is 0.471 e. The zero-order chi connectivity index (χ0) is 20.0. The predicted octanol–water partition coefficient (Wildman–Crippen LogP) is 3.58. The Morgan fingerprint density at radius 1 is 1.30 bits per heavy atom. The quantitative estimate of drug-likeness (QED) is 0.753. The number of amides is 2. The summed E-state index contributed by atoms with van der Waals surface area (Å²) in [7, 11) is 1.34. The van der Waals surface area contributed by atoms with Crippen LogP contribution in [-0.2, 0) is 14.3 Å². The summed E-state index contributed by atoms with van der Waals surface area (Å²) >= 11 is 1.21. The van der Waals surface area contributed by atoms with Gasteiger partial charge in [-0.1, -0.05) is 19.3 Å². The second kappa shape index (κ2) is 9.54. The van der Waals surface area contributed by atoms with Crippen molar-refractivity contribution in [2.75, 3.05) is 20.3 Å². The van der Waals surface area contributed by atoms with Crippen LogP contribution in [0.25, 0.3) is 0 Å². The van der Waals surface area contributed by atoms with Crippen LogP contribution in [-0.4, -0.2) is 49.2 Å². The average molecular weight is 406 g/mol. The van der Waals surface area contributed by atoms with Crippen LogP contribution in [0.3, 0.4) is 0 Å². The number of halogens is 3. The van der Waals surface area contributed by atoms with E-state index < -0.39 is 24.0 Å². The van der Waals surface area contributed by atoms with E-state index in [0.29, 0.717) is 9.78 Å². The Bertz CT molecular complexity index is 642. The van der Waals surface area contributed by atoms with Crippen molar-refractivity contribution >= 4 is 23.2 Å². The topological polar surface area (TPSA) is 58.6 Å². The van der Waals surface area contributed by atoms with Crippen LogP contribution < -0.4 is 5.32 Å². The molecule has 1 N–H and O–H groups in total. The summed E-state index contributed by atoms with van der Waals surface area (Å²) in [5.74, 6) is -2.60. The van der Waals surface area contributed by atoms with E-state index in [1.807, 2.05) is 0 Å². The molecule has 0 aromatic carbocycles. The van der Waals surface area contributed by atoms with E-state index in [4.69, 9.17) is 4.74 Å². The molecule has 0 radical (unpaired) electrons. The largest absolute Gasteiger partial charge is 0.471 e. The third kappa shape index (κ3) is 5.93. The first kappa shape index (κ1) is 21.7. The van der Waals surface area contributed by atoms with E-state index in [9.17, 15) is 22.8 Å². The molecule has 0 unspecified atom stereocenters. The van der Waals surface area contributed by atoms with Crippen LogP contribution in [0.4, 0.5) is 13.2 Å². The van der Waals surface area contributed by atoms with Crippen molar-refractivity contribution in [3.05, 3.63) is 21.9 Å². The minimum absolute atomic E-state index is 0.0694. The minimum atomic E-state index is -5.07. The third-order valence-electron chi connectivity index (χ3n) is 4.58. The van der Waals surface area contributed by atoms with Gasteiger partial charge < -0.3 is 15.0 Å². The van der Waals surface area contributed by atoms with Gasteiger partial charge in [-0.3, -0.25) is 9.59 Å². The monoisotopic (exact) mass is 406 g/mol. The fourth-order valence-corrected chi connectivity index (χ4v) is 4.24. The van der Waals surface area contributed by atoms with Crippen LogP contribution in [0, 0.1) is 6.92 Å². The first-order chi connectivity index (χ1) is 12.7. The smallest absolute Gasteiger partial charge is 0.383 e. The van der Waals surface area contributed by atoms with Crippen molar-refractivity contribution in [2.24, 2.45) is 0 Å². The number of aryl methyl sites for hydroxylation is 1. The first-order valence-electron chi connectivity index (χ1n) is 8.97.